The Hall–Kier alpha value is -1.81. The number of carbonyl (C=O) groups excluding carboxylic acids is 2. The van der Waals surface area contributed by atoms with Crippen LogP contribution in [0.4, 0.5) is 0 Å². The van der Waals surface area contributed by atoms with Crippen molar-refractivity contribution in [1.82, 2.24) is 5.32 Å². The molecule has 2 aliphatic heterocycles. The Bertz CT molecular complexity index is 562. The molecule has 0 saturated heterocycles. The summed E-state index contributed by atoms with van der Waals surface area (Å²) in [6, 6.07) is 7.18. The van der Waals surface area contributed by atoms with Crippen molar-refractivity contribution in [2.45, 2.75) is 12.3 Å². The highest BCUT2D eigenvalue weighted by Crippen LogP contribution is 2.36. The van der Waals surface area contributed by atoms with Crippen molar-refractivity contribution in [2.24, 2.45) is 0 Å². The summed E-state index contributed by atoms with van der Waals surface area (Å²) in [5.41, 5.74) is 2.06. The fourth-order valence-electron chi connectivity index (χ4n) is 2.36. The van der Waals surface area contributed by atoms with Crippen molar-refractivity contribution in [2.75, 3.05) is 6.61 Å². The van der Waals surface area contributed by atoms with E-state index >= 15 is 0 Å². The van der Waals surface area contributed by atoms with Gasteiger partial charge in [-0.25, -0.2) is 4.79 Å². The maximum atomic E-state index is 11.7. The Morgan fingerprint density at radius 1 is 1.22 bits per heavy atom. The molecule has 2 aliphatic rings. The van der Waals surface area contributed by atoms with Crippen LogP contribution < -0.4 is 5.32 Å². The summed E-state index contributed by atoms with van der Waals surface area (Å²) in [5.74, 6) is -0.669. The number of benzene rings is 1. The van der Waals surface area contributed by atoms with Gasteiger partial charge in [-0.3, -0.25) is 4.79 Å². The zero-order chi connectivity index (χ0) is 12.7. The quantitative estimate of drug-likeness (QED) is 0.786. The first-order chi connectivity index (χ1) is 8.65. The van der Waals surface area contributed by atoms with Gasteiger partial charge in [0.15, 0.2) is 0 Å². The normalized spacial score (nSPS) is 22.6. The summed E-state index contributed by atoms with van der Waals surface area (Å²) in [6.07, 6.45) is 0.259. The van der Waals surface area contributed by atoms with Gasteiger partial charge in [-0.2, -0.15) is 0 Å². The molecule has 1 aromatic rings. The van der Waals surface area contributed by atoms with Crippen LogP contribution in [-0.4, -0.2) is 18.5 Å². The lowest BCUT2D eigenvalue weighted by Crippen LogP contribution is -2.32. The zero-order valence-electron chi connectivity index (χ0n) is 9.40. The topological polar surface area (TPSA) is 55.4 Å². The minimum absolute atomic E-state index is 0.0907. The van der Waals surface area contributed by atoms with E-state index in [-0.39, 0.29) is 30.8 Å². The maximum Gasteiger partial charge on any atom is 0.336 e. The molecular weight excluding hydrogens is 254 g/mol. The van der Waals surface area contributed by atoms with Gasteiger partial charge in [0.2, 0.25) is 5.91 Å². The van der Waals surface area contributed by atoms with Crippen LogP contribution in [0, 0.1) is 0 Å². The summed E-state index contributed by atoms with van der Waals surface area (Å²) in [6.45, 7) is 0.157. The van der Waals surface area contributed by atoms with E-state index in [4.69, 9.17) is 16.3 Å². The van der Waals surface area contributed by atoms with E-state index in [1.807, 2.05) is 12.1 Å². The SMILES string of the molecule is O=C1CC(c2ccc(Cl)cc2)C2=C(COC2=O)N1. The highest BCUT2D eigenvalue weighted by atomic mass is 35.5. The van der Waals surface area contributed by atoms with E-state index < -0.39 is 0 Å². The van der Waals surface area contributed by atoms with Crippen LogP contribution in [0.2, 0.25) is 5.02 Å². The third kappa shape index (κ3) is 1.78. The minimum atomic E-state index is -0.343. The van der Waals surface area contributed by atoms with Crippen molar-refractivity contribution >= 4 is 23.5 Å². The molecule has 1 aromatic carbocycles. The molecular formula is C13H10ClNO3. The summed E-state index contributed by atoms with van der Waals surface area (Å²) in [4.78, 5) is 23.3. The first-order valence-corrected chi connectivity index (χ1v) is 5.98. The number of nitrogens with one attached hydrogen (secondary N) is 1. The van der Waals surface area contributed by atoms with Crippen molar-refractivity contribution in [3.63, 3.8) is 0 Å². The van der Waals surface area contributed by atoms with E-state index in [9.17, 15) is 9.59 Å². The second-order valence-electron chi connectivity index (χ2n) is 4.32. The predicted molar refractivity (Wildman–Crippen MR) is 64.9 cm³/mol. The van der Waals surface area contributed by atoms with Crippen LogP contribution in [0.25, 0.3) is 0 Å². The third-order valence-corrected chi connectivity index (χ3v) is 3.45. The Morgan fingerprint density at radius 3 is 2.67 bits per heavy atom. The zero-order valence-corrected chi connectivity index (χ0v) is 10.2. The van der Waals surface area contributed by atoms with Gasteiger partial charge in [0.25, 0.3) is 0 Å². The number of carbonyl (C=O) groups is 2. The van der Waals surface area contributed by atoms with Gasteiger partial charge in [-0.05, 0) is 17.7 Å². The van der Waals surface area contributed by atoms with Crippen LogP contribution >= 0.6 is 11.6 Å². The summed E-state index contributed by atoms with van der Waals surface area (Å²) in [7, 11) is 0. The number of amides is 1. The van der Waals surface area contributed by atoms with E-state index in [1.54, 1.807) is 12.1 Å². The van der Waals surface area contributed by atoms with Crippen molar-refractivity contribution in [3.8, 4) is 0 Å². The molecule has 0 aliphatic carbocycles. The number of halogens is 1. The van der Waals surface area contributed by atoms with E-state index in [1.165, 1.54) is 0 Å². The third-order valence-electron chi connectivity index (χ3n) is 3.19. The van der Waals surface area contributed by atoms with Gasteiger partial charge >= 0.3 is 5.97 Å². The molecule has 1 N–H and O–H groups in total. The Labute approximate surface area is 109 Å². The first-order valence-electron chi connectivity index (χ1n) is 5.60. The second-order valence-corrected chi connectivity index (χ2v) is 4.76. The van der Waals surface area contributed by atoms with Crippen molar-refractivity contribution in [1.29, 1.82) is 0 Å². The number of hydrogen-bond acceptors (Lipinski definition) is 3. The molecule has 0 saturated carbocycles. The Balaban J connectivity index is 2.04. The van der Waals surface area contributed by atoms with Crippen molar-refractivity contribution < 1.29 is 14.3 Å². The molecule has 2 heterocycles. The van der Waals surface area contributed by atoms with Gasteiger partial charge in [0, 0.05) is 17.4 Å². The van der Waals surface area contributed by atoms with Gasteiger partial charge in [0.05, 0.1) is 11.3 Å². The average molecular weight is 264 g/mol. The van der Waals surface area contributed by atoms with Crippen LogP contribution in [0.3, 0.4) is 0 Å². The van der Waals surface area contributed by atoms with Crippen LogP contribution in [0.15, 0.2) is 35.5 Å². The molecule has 92 valence electrons. The molecule has 18 heavy (non-hydrogen) atoms. The summed E-state index contributed by atoms with van der Waals surface area (Å²) >= 11 is 5.84. The van der Waals surface area contributed by atoms with Crippen LogP contribution in [-0.2, 0) is 14.3 Å². The lowest BCUT2D eigenvalue weighted by Gasteiger charge is -2.22. The fraction of sp³-hybridized carbons (Fsp3) is 0.231. The molecule has 1 amide bonds. The number of esters is 1. The monoisotopic (exact) mass is 263 g/mol. The lowest BCUT2D eigenvalue weighted by molar-refractivity contribution is -0.136. The molecule has 5 heteroatoms. The number of ether oxygens (including phenoxy) is 1. The molecule has 1 atom stereocenters. The standard InChI is InChI=1S/C13H10ClNO3/c14-8-3-1-7(2-4-8)9-5-11(16)15-10-6-18-13(17)12(9)10/h1-4,9H,5-6H2,(H,15,16). The highest BCUT2D eigenvalue weighted by Gasteiger charge is 2.37. The molecule has 0 aromatic heterocycles. The van der Waals surface area contributed by atoms with Gasteiger partial charge in [-0.15, -0.1) is 0 Å². The van der Waals surface area contributed by atoms with E-state index in [0.717, 1.165) is 5.56 Å². The van der Waals surface area contributed by atoms with Crippen LogP contribution in [0.5, 0.6) is 0 Å². The van der Waals surface area contributed by atoms with Crippen molar-refractivity contribution in [3.05, 3.63) is 46.1 Å². The predicted octanol–water partition coefficient (Wildman–Crippen LogP) is 1.75. The van der Waals surface area contributed by atoms with E-state index in [2.05, 4.69) is 5.32 Å². The molecule has 1 unspecified atom stereocenters. The van der Waals surface area contributed by atoms with Gasteiger partial charge in [0.1, 0.15) is 6.61 Å². The molecule has 0 spiro atoms. The summed E-state index contributed by atoms with van der Waals surface area (Å²) < 4.78 is 4.97. The smallest absolute Gasteiger partial charge is 0.336 e. The number of cyclic esters (lactones) is 1. The van der Waals surface area contributed by atoms with Crippen LogP contribution in [0.1, 0.15) is 17.9 Å². The van der Waals surface area contributed by atoms with Gasteiger partial charge in [-0.1, -0.05) is 23.7 Å². The molecule has 0 fully saturated rings. The lowest BCUT2D eigenvalue weighted by atomic mass is 9.85. The average Bonchev–Trinajstić information content (AvgIpc) is 2.71. The molecule has 3 rings (SSSR count). The number of rotatable bonds is 1. The van der Waals surface area contributed by atoms with E-state index in [0.29, 0.717) is 16.3 Å². The second kappa shape index (κ2) is 4.14. The molecule has 0 bridgehead atoms. The first kappa shape index (κ1) is 11.3. The minimum Gasteiger partial charge on any atom is -0.456 e. The van der Waals surface area contributed by atoms with Gasteiger partial charge < -0.3 is 10.1 Å². The Morgan fingerprint density at radius 2 is 1.94 bits per heavy atom. The fourth-order valence-corrected chi connectivity index (χ4v) is 2.48. The molecule has 0 radical (unpaired) electrons. The largest absolute Gasteiger partial charge is 0.456 e. The highest BCUT2D eigenvalue weighted by molar-refractivity contribution is 6.30. The molecule has 4 nitrogen and oxygen atoms in total. The number of hydrogen-bond donors (Lipinski definition) is 1. The Kier molecular flexibility index (Phi) is 2.59. The summed E-state index contributed by atoms with van der Waals surface area (Å²) in [5, 5.41) is 3.32. The maximum absolute atomic E-state index is 11.7.